The Labute approximate surface area is 246 Å². The number of esters is 1. The maximum absolute atomic E-state index is 13.5. The predicted molar refractivity (Wildman–Crippen MR) is 158 cm³/mol. The molecule has 1 N–H and O–H groups in total. The van der Waals surface area contributed by atoms with Gasteiger partial charge in [0.25, 0.3) is 5.78 Å². The monoisotopic (exact) mass is 581 g/mol. The van der Waals surface area contributed by atoms with Crippen LogP contribution in [0.4, 0.5) is 5.13 Å². The van der Waals surface area contributed by atoms with Crippen molar-refractivity contribution < 1.29 is 29.0 Å². The van der Waals surface area contributed by atoms with Crippen molar-refractivity contribution in [2.24, 2.45) is 0 Å². The third-order valence-corrected chi connectivity index (χ3v) is 7.78. The van der Waals surface area contributed by atoms with Gasteiger partial charge >= 0.3 is 11.9 Å². The number of ketones is 1. The number of anilines is 1. The minimum atomic E-state index is -1.03. The summed E-state index contributed by atoms with van der Waals surface area (Å²) < 4.78 is 11.1. The molecule has 0 aliphatic carbocycles. The summed E-state index contributed by atoms with van der Waals surface area (Å²) in [5.41, 5.74) is 2.80. The van der Waals surface area contributed by atoms with Crippen LogP contribution in [0.5, 0.6) is 5.75 Å². The van der Waals surface area contributed by atoms with Crippen molar-refractivity contribution in [2.45, 2.75) is 26.5 Å². The van der Waals surface area contributed by atoms with E-state index in [1.807, 2.05) is 37.3 Å². The van der Waals surface area contributed by atoms with Crippen molar-refractivity contribution in [3.05, 3.63) is 124 Å². The van der Waals surface area contributed by atoms with E-state index in [1.165, 1.54) is 17.2 Å². The highest BCUT2D eigenvalue weighted by molar-refractivity contribution is 7.17. The predicted octanol–water partition coefficient (Wildman–Crippen LogP) is 5.70. The number of amides is 1. The van der Waals surface area contributed by atoms with E-state index in [4.69, 9.17) is 9.47 Å². The number of hydrogen-bond acceptors (Lipinski definition) is 9. The molecule has 2 aromatic carbocycles. The number of aliphatic hydroxyl groups excluding tert-OH is 1. The molecule has 212 valence electrons. The van der Waals surface area contributed by atoms with Crippen LogP contribution in [0.25, 0.3) is 5.76 Å². The van der Waals surface area contributed by atoms with E-state index in [1.54, 1.807) is 43.5 Å². The first kappa shape index (κ1) is 28.4. The number of rotatable bonds is 9. The lowest BCUT2D eigenvalue weighted by Crippen LogP contribution is -2.29. The van der Waals surface area contributed by atoms with Gasteiger partial charge < -0.3 is 14.6 Å². The molecule has 0 spiro atoms. The van der Waals surface area contributed by atoms with Gasteiger partial charge in [0.2, 0.25) is 0 Å². The summed E-state index contributed by atoms with van der Waals surface area (Å²) in [7, 11) is 0. The normalized spacial score (nSPS) is 16.0. The third-order valence-electron chi connectivity index (χ3n) is 6.64. The van der Waals surface area contributed by atoms with Gasteiger partial charge in [-0.25, -0.2) is 9.78 Å². The van der Waals surface area contributed by atoms with E-state index in [-0.39, 0.29) is 27.9 Å². The van der Waals surface area contributed by atoms with Crippen molar-refractivity contribution in [2.75, 3.05) is 11.5 Å². The number of ether oxygens (including phenoxy) is 2. The fraction of sp³-hybridized carbons (Fsp3) is 0.156. The average molecular weight is 582 g/mol. The number of benzene rings is 2. The molecule has 9 nitrogen and oxygen atoms in total. The van der Waals surface area contributed by atoms with E-state index in [0.717, 1.165) is 22.5 Å². The van der Waals surface area contributed by atoms with E-state index in [0.29, 0.717) is 29.2 Å². The molecule has 5 rings (SSSR count). The SMILES string of the molecule is C=CCOC(=O)c1sc(N2C(=O)C(=O)/C(=C(/O)c3ccc(OCc4ccccc4)c(C)c3)C2c2cccnc2)nc1C. The molecule has 1 atom stereocenters. The molecular weight excluding hydrogens is 554 g/mol. The quantitative estimate of drug-likeness (QED) is 0.0879. The Balaban J connectivity index is 1.53. The van der Waals surface area contributed by atoms with Crippen LogP contribution < -0.4 is 9.64 Å². The Bertz CT molecular complexity index is 1700. The molecule has 1 unspecified atom stereocenters. The van der Waals surface area contributed by atoms with E-state index in [9.17, 15) is 19.5 Å². The highest BCUT2D eigenvalue weighted by atomic mass is 32.1. The molecule has 1 saturated heterocycles. The van der Waals surface area contributed by atoms with E-state index < -0.39 is 23.7 Å². The summed E-state index contributed by atoms with van der Waals surface area (Å²) in [6, 6.07) is 17.1. The Morgan fingerprint density at radius 2 is 1.90 bits per heavy atom. The largest absolute Gasteiger partial charge is 0.507 e. The van der Waals surface area contributed by atoms with Crippen LogP contribution in [0.2, 0.25) is 0 Å². The lowest BCUT2D eigenvalue weighted by molar-refractivity contribution is -0.132. The zero-order valence-corrected chi connectivity index (χ0v) is 23.8. The number of thiazole rings is 1. The third kappa shape index (κ3) is 5.57. The zero-order chi connectivity index (χ0) is 29.8. The second kappa shape index (κ2) is 12.2. The first-order valence-electron chi connectivity index (χ1n) is 13.0. The summed E-state index contributed by atoms with van der Waals surface area (Å²) in [6.45, 7) is 7.37. The fourth-order valence-corrected chi connectivity index (χ4v) is 5.59. The molecular formula is C32H27N3O6S. The van der Waals surface area contributed by atoms with Crippen LogP contribution in [-0.4, -0.2) is 39.3 Å². The number of aliphatic hydroxyl groups is 1. The lowest BCUT2D eigenvalue weighted by Gasteiger charge is -2.22. The second-order valence-corrected chi connectivity index (χ2v) is 10.5. The minimum Gasteiger partial charge on any atom is -0.507 e. The van der Waals surface area contributed by atoms with Crippen LogP contribution in [0, 0.1) is 13.8 Å². The van der Waals surface area contributed by atoms with Crippen LogP contribution in [0.3, 0.4) is 0 Å². The summed E-state index contributed by atoms with van der Waals surface area (Å²) in [4.78, 5) is 49.5. The standard InChI is InChI=1S/C32H27N3O6S/c1-4-15-40-31(39)29-20(3)34-32(42-29)35-26(23-11-8-14-33-17-23)25(28(37)30(35)38)27(36)22-12-13-24(19(2)16-22)41-18-21-9-6-5-7-10-21/h4-14,16-17,26,36H,1,15,18H2,2-3H3/b27-25+. The maximum Gasteiger partial charge on any atom is 0.350 e. The smallest absolute Gasteiger partial charge is 0.350 e. The molecule has 0 saturated carbocycles. The molecule has 10 heteroatoms. The fourth-order valence-electron chi connectivity index (χ4n) is 4.61. The van der Waals surface area contributed by atoms with Crippen molar-refractivity contribution in [1.82, 2.24) is 9.97 Å². The number of hydrogen-bond donors (Lipinski definition) is 1. The van der Waals surface area contributed by atoms with Crippen molar-refractivity contribution >= 4 is 39.9 Å². The molecule has 0 radical (unpaired) electrons. The van der Waals surface area contributed by atoms with Gasteiger partial charge in [-0.3, -0.25) is 19.5 Å². The maximum atomic E-state index is 13.5. The highest BCUT2D eigenvalue weighted by Crippen LogP contribution is 2.44. The summed E-state index contributed by atoms with van der Waals surface area (Å²) in [5, 5.41) is 11.6. The van der Waals surface area contributed by atoms with Gasteiger partial charge in [0.15, 0.2) is 5.13 Å². The van der Waals surface area contributed by atoms with E-state index in [2.05, 4.69) is 16.5 Å². The van der Waals surface area contributed by atoms with Crippen molar-refractivity contribution in [1.29, 1.82) is 0 Å². The van der Waals surface area contributed by atoms with Gasteiger partial charge in [-0.2, -0.15) is 0 Å². The molecule has 0 bridgehead atoms. The van der Waals surface area contributed by atoms with Gasteiger partial charge in [0.1, 0.15) is 29.6 Å². The Hall–Kier alpha value is -5.09. The number of Topliss-reactive ketones (excluding diaryl/α,β-unsaturated/α-hetero) is 1. The molecule has 3 heterocycles. The molecule has 4 aromatic rings. The van der Waals surface area contributed by atoms with Crippen LogP contribution in [0.1, 0.15) is 43.7 Å². The lowest BCUT2D eigenvalue weighted by atomic mass is 9.96. The second-order valence-electron chi connectivity index (χ2n) is 9.51. The molecule has 1 amide bonds. The van der Waals surface area contributed by atoms with Gasteiger partial charge in [0.05, 0.1) is 17.3 Å². The summed E-state index contributed by atoms with van der Waals surface area (Å²) >= 11 is 0.929. The number of aromatic nitrogens is 2. The highest BCUT2D eigenvalue weighted by Gasteiger charge is 2.48. The Kier molecular flexibility index (Phi) is 8.26. The molecule has 42 heavy (non-hydrogen) atoms. The topological polar surface area (TPSA) is 119 Å². The van der Waals surface area contributed by atoms with Crippen LogP contribution in [0.15, 0.2) is 91.3 Å². The van der Waals surface area contributed by atoms with Gasteiger partial charge in [0, 0.05) is 18.0 Å². The Morgan fingerprint density at radius 3 is 2.60 bits per heavy atom. The summed E-state index contributed by atoms with van der Waals surface area (Å²) in [6.07, 6.45) is 4.52. The van der Waals surface area contributed by atoms with Crippen LogP contribution >= 0.6 is 11.3 Å². The first-order chi connectivity index (χ1) is 20.3. The van der Waals surface area contributed by atoms with Gasteiger partial charge in [-0.05, 0) is 54.8 Å². The molecule has 1 aliphatic rings. The molecule has 2 aromatic heterocycles. The van der Waals surface area contributed by atoms with Crippen molar-refractivity contribution in [3.8, 4) is 5.75 Å². The summed E-state index contributed by atoms with van der Waals surface area (Å²) in [5.74, 6) is -2.11. The first-order valence-corrected chi connectivity index (χ1v) is 13.9. The van der Waals surface area contributed by atoms with Crippen LogP contribution in [-0.2, 0) is 20.9 Å². The number of nitrogens with zero attached hydrogens (tertiary/aromatic N) is 3. The van der Waals surface area contributed by atoms with Crippen molar-refractivity contribution in [3.63, 3.8) is 0 Å². The number of carbonyl (C=O) groups is 3. The number of carbonyl (C=O) groups excluding carboxylic acids is 3. The van der Waals surface area contributed by atoms with Gasteiger partial charge in [-0.1, -0.05) is 60.4 Å². The number of pyridine rings is 1. The molecule has 1 aliphatic heterocycles. The molecule has 1 fully saturated rings. The van der Waals surface area contributed by atoms with E-state index >= 15 is 0 Å². The van der Waals surface area contributed by atoms with Gasteiger partial charge in [-0.15, -0.1) is 0 Å². The number of aryl methyl sites for hydroxylation is 2. The minimum absolute atomic E-state index is 0.0151. The Morgan fingerprint density at radius 1 is 1.12 bits per heavy atom. The zero-order valence-electron chi connectivity index (χ0n) is 22.9. The average Bonchev–Trinajstić information content (AvgIpc) is 3.52.